The first kappa shape index (κ1) is 22.5. The van der Waals surface area contributed by atoms with Gasteiger partial charge in [-0.3, -0.25) is 4.79 Å². The van der Waals surface area contributed by atoms with Crippen molar-refractivity contribution in [2.75, 3.05) is 36.5 Å². The Balaban J connectivity index is 1.73. The summed E-state index contributed by atoms with van der Waals surface area (Å²) in [6, 6.07) is 2.70. The summed E-state index contributed by atoms with van der Waals surface area (Å²) in [7, 11) is 0. The highest BCUT2D eigenvalue weighted by molar-refractivity contribution is 5.84. The number of halogens is 3. The number of aromatic nitrogens is 2. The highest BCUT2D eigenvalue weighted by atomic mass is 19.4. The van der Waals surface area contributed by atoms with Crippen LogP contribution in [0.15, 0.2) is 16.9 Å². The molecule has 0 atom stereocenters. The molecule has 180 valence electrons. The predicted octanol–water partition coefficient (Wildman–Crippen LogP) is 5.11. The van der Waals surface area contributed by atoms with Crippen LogP contribution in [-0.4, -0.2) is 41.9 Å². The Morgan fingerprint density at radius 3 is 2.42 bits per heavy atom. The summed E-state index contributed by atoms with van der Waals surface area (Å²) >= 11 is 0. The molecule has 0 radical (unpaired) electrons. The molecule has 3 aliphatic rings. The second kappa shape index (κ2) is 9.16. The molecule has 0 spiro atoms. The number of nitrogens with zero attached hydrogens (tertiary/aromatic N) is 3. The van der Waals surface area contributed by atoms with Crippen LogP contribution in [0.4, 0.5) is 24.8 Å². The van der Waals surface area contributed by atoms with Crippen LogP contribution in [0.3, 0.4) is 0 Å². The van der Waals surface area contributed by atoms with Crippen molar-refractivity contribution in [2.24, 2.45) is 0 Å². The molecule has 1 aliphatic heterocycles. The van der Waals surface area contributed by atoms with Crippen LogP contribution in [0.5, 0.6) is 0 Å². The zero-order chi connectivity index (χ0) is 23.0. The van der Waals surface area contributed by atoms with Crippen molar-refractivity contribution >= 4 is 22.7 Å². The summed E-state index contributed by atoms with van der Waals surface area (Å²) in [4.78, 5) is 19.7. The van der Waals surface area contributed by atoms with Crippen LogP contribution in [-0.2, 0) is 10.9 Å². The Morgan fingerprint density at radius 2 is 1.70 bits per heavy atom. The third kappa shape index (κ3) is 4.56. The average molecular weight is 465 g/mol. The highest BCUT2D eigenvalue weighted by Crippen LogP contribution is 2.40. The van der Waals surface area contributed by atoms with Crippen molar-refractivity contribution in [3.8, 4) is 0 Å². The van der Waals surface area contributed by atoms with Crippen molar-refractivity contribution in [1.82, 2.24) is 9.55 Å². The van der Waals surface area contributed by atoms with Crippen LogP contribution in [0.1, 0.15) is 69.4 Å². The van der Waals surface area contributed by atoms with E-state index in [1.807, 2.05) is 9.47 Å². The fourth-order valence-corrected chi connectivity index (χ4v) is 5.60. The van der Waals surface area contributed by atoms with Gasteiger partial charge < -0.3 is 19.5 Å². The van der Waals surface area contributed by atoms with E-state index in [-0.39, 0.29) is 28.9 Å². The standard InChI is InChI=1S/C24H31F3N4O2/c25-24(26,27)18-14-20(30-10-5-12-33-13-11-30)29-23-22(18)19(32)15-21(28-16-6-1-2-7-16)31(23)17-8-3-4-9-17/h14-17,28H,1-13H2. The Kier molecular flexibility index (Phi) is 6.24. The van der Waals surface area contributed by atoms with Gasteiger partial charge in [0.2, 0.25) is 0 Å². The Labute approximate surface area is 191 Å². The van der Waals surface area contributed by atoms with Crippen molar-refractivity contribution in [1.29, 1.82) is 0 Å². The van der Waals surface area contributed by atoms with Crippen molar-refractivity contribution in [2.45, 2.75) is 76.0 Å². The number of alkyl halides is 3. The number of fused-ring (bicyclic) bond motifs is 1. The van der Waals surface area contributed by atoms with Gasteiger partial charge in [0.15, 0.2) is 5.43 Å². The Morgan fingerprint density at radius 1 is 0.970 bits per heavy atom. The van der Waals surface area contributed by atoms with Crippen LogP contribution in [0.2, 0.25) is 0 Å². The summed E-state index contributed by atoms with van der Waals surface area (Å²) in [6.07, 6.45) is 4.13. The molecule has 6 nitrogen and oxygen atoms in total. The predicted molar refractivity (Wildman–Crippen MR) is 122 cm³/mol. The summed E-state index contributed by atoms with van der Waals surface area (Å²) in [5.41, 5.74) is -1.35. The largest absolute Gasteiger partial charge is 0.417 e. The lowest BCUT2D eigenvalue weighted by Gasteiger charge is -2.28. The number of pyridine rings is 2. The first-order valence-electron chi connectivity index (χ1n) is 12.2. The fraction of sp³-hybridized carbons (Fsp3) is 0.667. The number of hydrogen-bond donors (Lipinski definition) is 1. The summed E-state index contributed by atoms with van der Waals surface area (Å²) < 4.78 is 50.1. The third-order valence-corrected chi connectivity index (χ3v) is 7.24. The van der Waals surface area contributed by atoms with E-state index in [1.54, 1.807) is 0 Å². The number of ether oxygens (including phenoxy) is 1. The van der Waals surface area contributed by atoms with Gasteiger partial charge in [-0.1, -0.05) is 25.7 Å². The van der Waals surface area contributed by atoms with Crippen LogP contribution >= 0.6 is 0 Å². The SMILES string of the molecule is O=c1cc(NC2CCCC2)n(C2CCCC2)c2nc(N3CCCOCC3)cc(C(F)(F)F)c12. The molecule has 2 saturated carbocycles. The van der Waals surface area contributed by atoms with Crippen molar-refractivity contribution in [3.63, 3.8) is 0 Å². The number of hydrogen-bond acceptors (Lipinski definition) is 5. The molecule has 2 aliphatic carbocycles. The summed E-state index contributed by atoms with van der Waals surface area (Å²) in [6.45, 7) is 2.07. The number of anilines is 2. The van der Waals surface area contributed by atoms with E-state index in [9.17, 15) is 18.0 Å². The molecule has 0 amide bonds. The topological polar surface area (TPSA) is 59.4 Å². The van der Waals surface area contributed by atoms with Crippen molar-refractivity contribution < 1.29 is 17.9 Å². The molecule has 5 rings (SSSR count). The smallest absolute Gasteiger partial charge is 0.380 e. The van der Waals surface area contributed by atoms with E-state index in [2.05, 4.69) is 5.32 Å². The summed E-state index contributed by atoms with van der Waals surface area (Å²) in [5, 5.41) is 3.18. The molecule has 0 unspecified atom stereocenters. The van der Waals surface area contributed by atoms with Gasteiger partial charge in [-0.25, -0.2) is 4.98 Å². The third-order valence-electron chi connectivity index (χ3n) is 7.24. The maximum absolute atomic E-state index is 14.2. The van der Waals surface area contributed by atoms with E-state index in [4.69, 9.17) is 9.72 Å². The van der Waals surface area contributed by atoms with E-state index in [0.29, 0.717) is 32.1 Å². The molecule has 9 heteroatoms. The van der Waals surface area contributed by atoms with Gasteiger partial charge in [0.1, 0.15) is 17.3 Å². The minimum atomic E-state index is -4.65. The quantitative estimate of drug-likeness (QED) is 0.681. The maximum Gasteiger partial charge on any atom is 0.417 e. The Bertz CT molecular complexity index is 1050. The van der Waals surface area contributed by atoms with Crippen LogP contribution < -0.4 is 15.6 Å². The molecule has 2 aromatic heterocycles. The first-order valence-corrected chi connectivity index (χ1v) is 12.2. The molecular formula is C24H31F3N4O2. The van der Waals surface area contributed by atoms with E-state index >= 15 is 0 Å². The zero-order valence-corrected chi connectivity index (χ0v) is 18.8. The van der Waals surface area contributed by atoms with Gasteiger partial charge in [0.05, 0.1) is 17.6 Å². The fourth-order valence-electron chi connectivity index (χ4n) is 5.60. The maximum atomic E-state index is 14.2. The molecule has 1 N–H and O–H groups in total. The van der Waals surface area contributed by atoms with Gasteiger partial charge in [0.25, 0.3) is 0 Å². The molecule has 3 fully saturated rings. The van der Waals surface area contributed by atoms with Gasteiger partial charge in [-0.2, -0.15) is 13.2 Å². The van der Waals surface area contributed by atoms with Gasteiger partial charge in [0, 0.05) is 37.8 Å². The zero-order valence-electron chi connectivity index (χ0n) is 18.8. The second-order valence-corrected chi connectivity index (χ2v) is 9.51. The molecule has 3 heterocycles. The number of rotatable bonds is 4. The van der Waals surface area contributed by atoms with Gasteiger partial charge in [-0.05, 0) is 38.2 Å². The molecule has 0 bridgehead atoms. The number of nitrogens with one attached hydrogen (secondary N) is 1. The molecule has 1 saturated heterocycles. The normalized spacial score (nSPS) is 21.1. The highest BCUT2D eigenvalue weighted by Gasteiger charge is 2.37. The first-order chi connectivity index (χ1) is 15.9. The van der Waals surface area contributed by atoms with Gasteiger partial charge in [-0.15, -0.1) is 0 Å². The summed E-state index contributed by atoms with van der Waals surface area (Å²) in [5.74, 6) is 0.882. The molecule has 0 aromatic carbocycles. The van der Waals surface area contributed by atoms with E-state index in [0.717, 1.165) is 63.9 Å². The van der Waals surface area contributed by atoms with Gasteiger partial charge >= 0.3 is 6.18 Å². The molecule has 33 heavy (non-hydrogen) atoms. The lowest BCUT2D eigenvalue weighted by Crippen LogP contribution is -2.29. The lowest BCUT2D eigenvalue weighted by atomic mass is 10.1. The molecular weight excluding hydrogens is 433 g/mol. The van der Waals surface area contributed by atoms with Crippen molar-refractivity contribution in [3.05, 3.63) is 27.9 Å². The average Bonchev–Trinajstić information content (AvgIpc) is 3.42. The monoisotopic (exact) mass is 464 g/mol. The van der Waals surface area contributed by atoms with Crippen LogP contribution in [0, 0.1) is 0 Å². The van der Waals surface area contributed by atoms with E-state index < -0.39 is 17.2 Å². The minimum Gasteiger partial charge on any atom is -0.380 e. The Hall–Kier alpha value is -2.29. The van der Waals surface area contributed by atoms with E-state index in [1.165, 1.54) is 6.07 Å². The lowest BCUT2D eigenvalue weighted by molar-refractivity contribution is -0.136. The molecule has 2 aromatic rings. The second-order valence-electron chi connectivity index (χ2n) is 9.51. The minimum absolute atomic E-state index is 0.0355. The van der Waals surface area contributed by atoms with Crippen LogP contribution in [0.25, 0.3) is 11.0 Å².